The van der Waals surface area contributed by atoms with Gasteiger partial charge >= 0.3 is 0 Å². The number of aliphatic hydroxyl groups excluding tert-OH is 1. The summed E-state index contributed by atoms with van der Waals surface area (Å²) in [6.45, 7) is 1.87. The highest BCUT2D eigenvalue weighted by Gasteiger charge is 2.41. The molecule has 0 saturated carbocycles. The normalized spacial score (nSPS) is 28.2. The van der Waals surface area contributed by atoms with Gasteiger partial charge in [0.25, 0.3) is 0 Å². The molecule has 126 valence electrons. The Hall–Kier alpha value is -0.890. The van der Waals surface area contributed by atoms with E-state index in [1.165, 1.54) is 0 Å². The van der Waals surface area contributed by atoms with Gasteiger partial charge in [0, 0.05) is 35.1 Å². The number of benzene rings is 1. The molecule has 8 heteroatoms. The lowest BCUT2D eigenvalue weighted by atomic mass is 9.89. The van der Waals surface area contributed by atoms with Gasteiger partial charge in [-0.15, -0.1) is 0 Å². The number of halogens is 2. The highest BCUT2D eigenvalue weighted by Crippen LogP contribution is 2.24. The van der Waals surface area contributed by atoms with Crippen LogP contribution in [0.3, 0.4) is 0 Å². The standard InChI is InChI=1S/C15H20Cl2N4O2/c16-9-3-8(4-10(17)5-9)13(22)7-19-15(23)14-11-6-18-2-1-12(11)20-21-14/h3-5,11-14,18,20-22H,1-2,6-7H2,(H,19,23). The number of piperidine rings is 1. The van der Waals surface area contributed by atoms with E-state index in [4.69, 9.17) is 23.2 Å². The summed E-state index contributed by atoms with van der Waals surface area (Å²) in [7, 11) is 0. The van der Waals surface area contributed by atoms with Crippen LogP contribution in [0.15, 0.2) is 18.2 Å². The van der Waals surface area contributed by atoms with Gasteiger partial charge in [-0.05, 0) is 36.7 Å². The zero-order chi connectivity index (χ0) is 16.4. The molecule has 5 N–H and O–H groups in total. The van der Waals surface area contributed by atoms with Crippen molar-refractivity contribution in [1.29, 1.82) is 0 Å². The Kier molecular flexibility index (Phi) is 5.41. The third kappa shape index (κ3) is 3.96. The van der Waals surface area contributed by atoms with Gasteiger partial charge in [0.05, 0.1) is 6.10 Å². The first-order valence-corrected chi connectivity index (χ1v) is 8.44. The molecule has 3 rings (SSSR count). The molecule has 1 aromatic rings. The second-order valence-corrected chi connectivity index (χ2v) is 6.87. The Bertz CT molecular complexity index is 566. The van der Waals surface area contributed by atoms with Gasteiger partial charge in [-0.2, -0.15) is 0 Å². The van der Waals surface area contributed by atoms with Gasteiger partial charge in [-0.1, -0.05) is 23.2 Å². The molecule has 2 saturated heterocycles. The smallest absolute Gasteiger partial charge is 0.238 e. The molecule has 1 aromatic carbocycles. The van der Waals surface area contributed by atoms with Crippen LogP contribution in [0.1, 0.15) is 18.1 Å². The molecule has 0 bridgehead atoms. The molecule has 2 fully saturated rings. The highest BCUT2D eigenvalue weighted by molar-refractivity contribution is 6.34. The topological polar surface area (TPSA) is 85.4 Å². The third-order valence-corrected chi connectivity index (χ3v) is 4.84. The summed E-state index contributed by atoms with van der Waals surface area (Å²) >= 11 is 11.9. The number of hydrogen-bond donors (Lipinski definition) is 5. The van der Waals surface area contributed by atoms with Crippen molar-refractivity contribution in [3.8, 4) is 0 Å². The SMILES string of the molecule is O=C(NCC(O)c1cc(Cl)cc(Cl)c1)C1NNC2CCNCC21. The van der Waals surface area contributed by atoms with E-state index in [1.54, 1.807) is 18.2 Å². The zero-order valence-corrected chi connectivity index (χ0v) is 14.0. The summed E-state index contributed by atoms with van der Waals surface area (Å²) in [5.41, 5.74) is 6.81. The summed E-state index contributed by atoms with van der Waals surface area (Å²) in [5.74, 6) is 0.0855. The molecular weight excluding hydrogens is 339 g/mol. The molecule has 0 aliphatic carbocycles. The molecule has 1 amide bonds. The first-order valence-electron chi connectivity index (χ1n) is 7.68. The number of nitrogens with one attached hydrogen (secondary N) is 4. The molecule has 0 radical (unpaired) electrons. The molecule has 4 atom stereocenters. The van der Waals surface area contributed by atoms with E-state index in [9.17, 15) is 9.90 Å². The van der Waals surface area contributed by atoms with Gasteiger partial charge in [-0.3, -0.25) is 10.2 Å². The summed E-state index contributed by atoms with van der Waals surface area (Å²) in [4.78, 5) is 12.4. The lowest BCUT2D eigenvalue weighted by Crippen LogP contribution is -2.49. The maximum Gasteiger partial charge on any atom is 0.238 e. The fraction of sp³-hybridized carbons (Fsp3) is 0.533. The first-order chi connectivity index (χ1) is 11.0. The van der Waals surface area contributed by atoms with E-state index in [0.717, 1.165) is 19.5 Å². The van der Waals surface area contributed by atoms with E-state index >= 15 is 0 Å². The summed E-state index contributed by atoms with van der Waals surface area (Å²) in [6, 6.07) is 4.88. The molecule has 2 aliphatic heterocycles. The molecule has 2 heterocycles. The number of hydrogen-bond acceptors (Lipinski definition) is 5. The highest BCUT2D eigenvalue weighted by atomic mass is 35.5. The predicted octanol–water partition coefficient (Wildman–Crippen LogP) is 0.597. The minimum atomic E-state index is -0.857. The van der Waals surface area contributed by atoms with Crippen LogP contribution in [-0.4, -0.2) is 42.7 Å². The Morgan fingerprint density at radius 3 is 2.78 bits per heavy atom. The quantitative estimate of drug-likeness (QED) is 0.544. The van der Waals surface area contributed by atoms with Crippen LogP contribution in [0.5, 0.6) is 0 Å². The number of rotatable bonds is 4. The minimum Gasteiger partial charge on any atom is -0.387 e. The molecule has 6 nitrogen and oxygen atoms in total. The van der Waals surface area contributed by atoms with Crippen LogP contribution < -0.4 is 21.5 Å². The fourth-order valence-corrected chi connectivity index (χ4v) is 3.71. The van der Waals surface area contributed by atoms with E-state index in [1.807, 2.05) is 0 Å². The lowest BCUT2D eigenvalue weighted by Gasteiger charge is -2.27. The maximum absolute atomic E-state index is 12.4. The van der Waals surface area contributed by atoms with Crippen molar-refractivity contribution in [3.63, 3.8) is 0 Å². The Labute approximate surface area is 144 Å². The predicted molar refractivity (Wildman–Crippen MR) is 89.3 cm³/mol. The number of aliphatic hydroxyl groups is 1. The van der Waals surface area contributed by atoms with Crippen LogP contribution in [0, 0.1) is 5.92 Å². The Morgan fingerprint density at radius 1 is 1.30 bits per heavy atom. The van der Waals surface area contributed by atoms with Crippen molar-refractivity contribution < 1.29 is 9.90 Å². The fourth-order valence-electron chi connectivity index (χ4n) is 3.17. The van der Waals surface area contributed by atoms with E-state index < -0.39 is 6.10 Å². The van der Waals surface area contributed by atoms with Gasteiger partial charge in [-0.25, -0.2) is 5.43 Å². The van der Waals surface area contributed by atoms with Gasteiger partial charge in [0.1, 0.15) is 6.04 Å². The summed E-state index contributed by atoms with van der Waals surface area (Å²) in [6.07, 6.45) is 0.134. The molecule has 4 unspecified atom stereocenters. The number of amides is 1. The molecule has 0 spiro atoms. The molecular formula is C15H20Cl2N4O2. The molecule has 2 aliphatic rings. The Balaban J connectivity index is 1.56. The largest absolute Gasteiger partial charge is 0.387 e. The van der Waals surface area contributed by atoms with E-state index in [-0.39, 0.29) is 24.4 Å². The maximum atomic E-state index is 12.4. The first kappa shape index (κ1) is 17.0. The van der Waals surface area contributed by atoms with Gasteiger partial charge in [0.15, 0.2) is 0 Å². The third-order valence-electron chi connectivity index (χ3n) is 4.40. The van der Waals surface area contributed by atoms with Crippen molar-refractivity contribution in [2.45, 2.75) is 24.6 Å². The number of fused-ring (bicyclic) bond motifs is 1. The van der Waals surface area contributed by atoms with Crippen LogP contribution in [0.4, 0.5) is 0 Å². The average molecular weight is 359 g/mol. The van der Waals surface area contributed by atoms with Crippen molar-refractivity contribution in [1.82, 2.24) is 21.5 Å². The second kappa shape index (κ2) is 7.34. The van der Waals surface area contributed by atoms with E-state index in [0.29, 0.717) is 21.7 Å². The second-order valence-electron chi connectivity index (χ2n) is 5.99. The number of hydrazine groups is 1. The lowest BCUT2D eigenvalue weighted by molar-refractivity contribution is -0.124. The van der Waals surface area contributed by atoms with Crippen LogP contribution in [-0.2, 0) is 4.79 Å². The van der Waals surface area contributed by atoms with Crippen LogP contribution in [0.25, 0.3) is 0 Å². The Morgan fingerprint density at radius 2 is 2.04 bits per heavy atom. The monoisotopic (exact) mass is 358 g/mol. The van der Waals surface area contributed by atoms with Crippen molar-refractivity contribution >= 4 is 29.1 Å². The van der Waals surface area contributed by atoms with Crippen molar-refractivity contribution in [2.24, 2.45) is 5.92 Å². The van der Waals surface area contributed by atoms with E-state index in [2.05, 4.69) is 21.5 Å². The zero-order valence-electron chi connectivity index (χ0n) is 12.5. The number of carbonyl (C=O) groups is 1. The van der Waals surface area contributed by atoms with Gasteiger partial charge in [0.2, 0.25) is 5.91 Å². The van der Waals surface area contributed by atoms with Crippen molar-refractivity contribution in [2.75, 3.05) is 19.6 Å². The van der Waals surface area contributed by atoms with Crippen LogP contribution in [0.2, 0.25) is 10.0 Å². The van der Waals surface area contributed by atoms with Crippen molar-refractivity contribution in [3.05, 3.63) is 33.8 Å². The number of carbonyl (C=O) groups excluding carboxylic acids is 1. The summed E-state index contributed by atoms with van der Waals surface area (Å²) < 4.78 is 0. The van der Waals surface area contributed by atoms with Crippen LogP contribution >= 0.6 is 23.2 Å². The minimum absolute atomic E-state index is 0.110. The van der Waals surface area contributed by atoms with Gasteiger partial charge < -0.3 is 15.7 Å². The average Bonchev–Trinajstić information content (AvgIpc) is 2.95. The molecule has 0 aromatic heterocycles. The molecule has 23 heavy (non-hydrogen) atoms. The summed E-state index contributed by atoms with van der Waals surface area (Å²) in [5, 5.41) is 17.2.